The molecule has 0 amide bonds. The van der Waals surface area contributed by atoms with Gasteiger partial charge in [0.2, 0.25) is 0 Å². The SMILES string of the molecule is O=C(COCCO)c1sc2c(F)cncc2c1Cc1ccc(I)cc1F. The van der Waals surface area contributed by atoms with E-state index in [1.807, 2.05) is 22.6 Å². The number of ether oxygens (including phenoxy) is 1. The van der Waals surface area contributed by atoms with Crippen molar-refractivity contribution in [3.63, 3.8) is 0 Å². The summed E-state index contributed by atoms with van der Waals surface area (Å²) in [7, 11) is 0. The van der Waals surface area contributed by atoms with E-state index in [4.69, 9.17) is 9.84 Å². The van der Waals surface area contributed by atoms with Crippen LogP contribution in [0.5, 0.6) is 0 Å². The third-order valence-corrected chi connectivity index (χ3v) is 5.73. The minimum Gasteiger partial charge on any atom is -0.394 e. The first-order valence-corrected chi connectivity index (χ1v) is 9.61. The van der Waals surface area contributed by atoms with E-state index in [2.05, 4.69) is 4.98 Å². The number of pyridine rings is 1. The van der Waals surface area contributed by atoms with Crippen molar-refractivity contribution >= 4 is 49.8 Å². The summed E-state index contributed by atoms with van der Waals surface area (Å²) < 4.78 is 34.6. The number of aliphatic hydroxyl groups is 1. The fourth-order valence-electron chi connectivity index (χ4n) is 2.58. The highest BCUT2D eigenvalue weighted by Gasteiger charge is 2.21. The van der Waals surface area contributed by atoms with Crippen LogP contribution >= 0.6 is 33.9 Å². The lowest BCUT2D eigenvalue weighted by atomic mass is 10.0. The summed E-state index contributed by atoms with van der Waals surface area (Å²) in [6.45, 7) is -0.392. The molecular weight excluding hydrogens is 475 g/mol. The maximum Gasteiger partial charge on any atom is 0.198 e. The van der Waals surface area contributed by atoms with E-state index in [1.54, 1.807) is 12.1 Å². The molecule has 136 valence electrons. The zero-order chi connectivity index (χ0) is 18.7. The van der Waals surface area contributed by atoms with Crippen molar-refractivity contribution in [3.8, 4) is 0 Å². The van der Waals surface area contributed by atoms with E-state index < -0.39 is 5.82 Å². The van der Waals surface area contributed by atoms with Crippen molar-refractivity contribution < 1.29 is 23.4 Å². The van der Waals surface area contributed by atoms with Crippen LogP contribution in [0.1, 0.15) is 20.8 Å². The number of fused-ring (bicyclic) bond motifs is 1. The van der Waals surface area contributed by atoms with Crippen molar-refractivity contribution in [2.75, 3.05) is 19.8 Å². The summed E-state index contributed by atoms with van der Waals surface area (Å²) in [5, 5.41) is 9.27. The molecule has 0 saturated heterocycles. The van der Waals surface area contributed by atoms with Gasteiger partial charge in [-0.05, 0) is 45.9 Å². The second-order valence-corrected chi connectivity index (χ2v) is 7.79. The molecule has 0 aliphatic heterocycles. The number of hydrogen-bond acceptors (Lipinski definition) is 5. The van der Waals surface area contributed by atoms with Gasteiger partial charge in [0.15, 0.2) is 11.6 Å². The molecule has 0 spiro atoms. The van der Waals surface area contributed by atoms with Gasteiger partial charge in [0.05, 0.1) is 29.0 Å². The van der Waals surface area contributed by atoms with Gasteiger partial charge in [-0.15, -0.1) is 11.3 Å². The van der Waals surface area contributed by atoms with E-state index in [0.717, 1.165) is 21.1 Å². The zero-order valence-corrected chi connectivity index (χ0v) is 16.4. The molecule has 0 fully saturated rings. The zero-order valence-electron chi connectivity index (χ0n) is 13.5. The van der Waals surface area contributed by atoms with E-state index in [0.29, 0.717) is 26.1 Å². The van der Waals surface area contributed by atoms with Crippen molar-refractivity contribution in [2.45, 2.75) is 6.42 Å². The fraction of sp³-hybridized carbons (Fsp3) is 0.222. The molecule has 2 aromatic heterocycles. The van der Waals surface area contributed by atoms with Gasteiger partial charge in [0.1, 0.15) is 12.4 Å². The average Bonchev–Trinajstić information content (AvgIpc) is 2.98. The number of carbonyl (C=O) groups excluding carboxylic acids is 1. The van der Waals surface area contributed by atoms with Crippen LogP contribution in [0.4, 0.5) is 8.78 Å². The van der Waals surface area contributed by atoms with Crippen LogP contribution in [0.2, 0.25) is 0 Å². The molecule has 0 unspecified atom stereocenters. The van der Waals surface area contributed by atoms with Crippen LogP contribution in [0, 0.1) is 15.2 Å². The standard InChI is InChI=1S/C18H14F2INO3S/c19-14-6-11(21)2-1-10(14)5-12-13-7-22-8-15(20)17(13)26-18(12)16(24)9-25-4-3-23/h1-2,6-8,23H,3-5,9H2. The molecule has 1 N–H and O–H groups in total. The molecule has 0 radical (unpaired) electrons. The summed E-state index contributed by atoms with van der Waals surface area (Å²) in [5.74, 6) is -1.23. The van der Waals surface area contributed by atoms with E-state index >= 15 is 0 Å². The normalized spacial score (nSPS) is 11.2. The number of aliphatic hydroxyl groups excluding tert-OH is 1. The first-order chi connectivity index (χ1) is 12.5. The number of ketones is 1. The molecule has 3 rings (SSSR count). The number of benzene rings is 1. The van der Waals surface area contributed by atoms with Crippen molar-refractivity contribution in [2.24, 2.45) is 0 Å². The molecule has 8 heteroatoms. The Labute approximate surface area is 166 Å². The molecule has 4 nitrogen and oxygen atoms in total. The van der Waals surface area contributed by atoms with Crippen LogP contribution < -0.4 is 0 Å². The van der Waals surface area contributed by atoms with Crippen molar-refractivity contribution in [3.05, 3.63) is 61.8 Å². The molecule has 26 heavy (non-hydrogen) atoms. The lowest BCUT2D eigenvalue weighted by molar-refractivity contribution is 0.0667. The molecule has 0 atom stereocenters. The van der Waals surface area contributed by atoms with Gasteiger partial charge in [-0.1, -0.05) is 6.07 Å². The minimum atomic E-state index is -0.521. The van der Waals surface area contributed by atoms with Gasteiger partial charge in [-0.3, -0.25) is 9.78 Å². The molecule has 0 bridgehead atoms. The number of aromatic nitrogens is 1. The van der Waals surface area contributed by atoms with Crippen LogP contribution in [0.25, 0.3) is 10.1 Å². The van der Waals surface area contributed by atoms with E-state index in [-0.39, 0.29) is 37.8 Å². The maximum absolute atomic E-state index is 14.3. The Kier molecular flexibility index (Phi) is 6.28. The molecule has 0 saturated carbocycles. The van der Waals surface area contributed by atoms with Crippen LogP contribution in [0.15, 0.2) is 30.6 Å². The first kappa shape index (κ1) is 19.3. The smallest absolute Gasteiger partial charge is 0.198 e. The second kappa shape index (κ2) is 8.47. The molecular formula is C18H14F2INO3S. The Morgan fingerprint density at radius 3 is 2.81 bits per heavy atom. The van der Waals surface area contributed by atoms with Gasteiger partial charge in [-0.25, -0.2) is 8.78 Å². The van der Waals surface area contributed by atoms with E-state index in [1.165, 1.54) is 12.3 Å². The van der Waals surface area contributed by atoms with Crippen molar-refractivity contribution in [1.82, 2.24) is 4.98 Å². The number of halogens is 3. The first-order valence-electron chi connectivity index (χ1n) is 7.72. The third-order valence-electron chi connectivity index (χ3n) is 3.76. The summed E-state index contributed by atoms with van der Waals surface area (Å²) >= 11 is 3.03. The molecule has 1 aromatic carbocycles. The maximum atomic E-state index is 14.3. The number of rotatable bonds is 7. The molecule has 0 aliphatic rings. The highest BCUT2D eigenvalue weighted by atomic mass is 127. The quantitative estimate of drug-likeness (QED) is 0.310. The Morgan fingerprint density at radius 1 is 1.27 bits per heavy atom. The number of Topliss-reactive ketones (excluding diaryl/α,β-unsaturated/α-hetero) is 1. The Hall–Kier alpha value is -1.49. The van der Waals surface area contributed by atoms with Gasteiger partial charge >= 0.3 is 0 Å². The minimum absolute atomic E-state index is 0.0354. The van der Waals surface area contributed by atoms with Crippen LogP contribution in [-0.4, -0.2) is 35.7 Å². The molecule has 0 aliphatic carbocycles. The predicted molar refractivity (Wildman–Crippen MR) is 104 cm³/mol. The summed E-state index contributed by atoms with van der Waals surface area (Å²) in [6, 6.07) is 4.84. The average molecular weight is 489 g/mol. The van der Waals surface area contributed by atoms with Crippen molar-refractivity contribution in [1.29, 1.82) is 0 Å². The lowest BCUT2D eigenvalue weighted by Crippen LogP contribution is -2.12. The summed E-state index contributed by atoms with van der Waals surface area (Å²) in [5.41, 5.74) is 0.953. The number of nitrogens with zero attached hydrogens (tertiary/aromatic N) is 1. The summed E-state index contributed by atoms with van der Waals surface area (Å²) in [6.07, 6.45) is 2.72. The fourth-order valence-corrected chi connectivity index (χ4v) is 4.15. The van der Waals surface area contributed by atoms with E-state index in [9.17, 15) is 13.6 Å². The summed E-state index contributed by atoms with van der Waals surface area (Å²) in [4.78, 5) is 16.7. The number of carbonyl (C=O) groups is 1. The molecule has 2 heterocycles. The Balaban J connectivity index is 2.04. The predicted octanol–water partition coefficient (Wildman–Crippen LogP) is 3.96. The third kappa shape index (κ3) is 4.08. The second-order valence-electron chi connectivity index (χ2n) is 5.52. The largest absolute Gasteiger partial charge is 0.394 e. The topological polar surface area (TPSA) is 59.4 Å². The Bertz CT molecular complexity index is 961. The number of thiophene rings is 1. The molecule has 3 aromatic rings. The lowest BCUT2D eigenvalue weighted by Gasteiger charge is -2.07. The highest BCUT2D eigenvalue weighted by Crippen LogP contribution is 2.35. The Morgan fingerprint density at radius 2 is 2.08 bits per heavy atom. The number of hydrogen-bond donors (Lipinski definition) is 1. The monoisotopic (exact) mass is 489 g/mol. The van der Waals surface area contributed by atoms with Gasteiger partial charge in [0.25, 0.3) is 0 Å². The van der Waals surface area contributed by atoms with Crippen LogP contribution in [-0.2, 0) is 11.2 Å². The van der Waals surface area contributed by atoms with Crippen LogP contribution in [0.3, 0.4) is 0 Å². The highest BCUT2D eigenvalue weighted by molar-refractivity contribution is 14.1. The van der Waals surface area contributed by atoms with Gasteiger partial charge < -0.3 is 9.84 Å². The van der Waals surface area contributed by atoms with Gasteiger partial charge in [-0.2, -0.15) is 0 Å². The van der Waals surface area contributed by atoms with Gasteiger partial charge in [0, 0.05) is 21.6 Å².